The number of aromatic nitrogens is 1. The summed E-state index contributed by atoms with van der Waals surface area (Å²) in [6.45, 7) is 4.52. The van der Waals surface area contributed by atoms with Gasteiger partial charge in [0.1, 0.15) is 0 Å². The van der Waals surface area contributed by atoms with Crippen molar-refractivity contribution < 1.29 is 0 Å². The molecule has 1 nitrogen and oxygen atoms in total. The molecular formula is C9H13AsN. The van der Waals surface area contributed by atoms with Crippen LogP contribution in [0.1, 0.15) is 13.8 Å². The van der Waals surface area contributed by atoms with Crippen LogP contribution in [0.5, 0.6) is 0 Å². The molecule has 0 unspecified atom stereocenters. The van der Waals surface area contributed by atoms with Crippen molar-refractivity contribution in [2.75, 3.05) is 0 Å². The molecule has 0 aliphatic heterocycles. The van der Waals surface area contributed by atoms with E-state index in [1.54, 1.807) is 0 Å². The summed E-state index contributed by atoms with van der Waals surface area (Å²) in [5.74, 6) is 0.817. The Hall–Kier alpha value is -0.292. The van der Waals surface area contributed by atoms with E-state index in [1.807, 2.05) is 12.3 Å². The number of hydrogen-bond donors (Lipinski definition) is 0. The molecule has 1 radical (unpaired) electrons. The first-order valence-corrected chi connectivity index (χ1v) is 6.14. The van der Waals surface area contributed by atoms with Crippen molar-refractivity contribution in [1.29, 1.82) is 0 Å². The fraction of sp³-hybridized carbons (Fsp3) is 0.444. The van der Waals surface area contributed by atoms with Crippen molar-refractivity contribution in [2.24, 2.45) is 5.92 Å². The Labute approximate surface area is 74.9 Å². The fourth-order valence-electron chi connectivity index (χ4n) is 0.723. The number of rotatable bonds is 3. The normalized spacial score (nSPS) is 11.5. The molecule has 0 atom stereocenters. The SMILES string of the molecule is CC(C)C[As]c1ccccn1. The maximum atomic E-state index is 4.29. The first kappa shape index (κ1) is 8.80. The second-order valence-corrected chi connectivity index (χ2v) is 5.31. The van der Waals surface area contributed by atoms with Gasteiger partial charge >= 0.3 is 74.6 Å². The molecule has 1 aromatic rings. The van der Waals surface area contributed by atoms with Crippen LogP contribution in [0.25, 0.3) is 0 Å². The van der Waals surface area contributed by atoms with Crippen molar-refractivity contribution in [3.05, 3.63) is 24.4 Å². The third-order valence-electron chi connectivity index (χ3n) is 1.27. The van der Waals surface area contributed by atoms with Crippen LogP contribution in [0, 0.1) is 5.92 Å². The molecule has 0 aliphatic carbocycles. The summed E-state index contributed by atoms with van der Waals surface area (Å²) in [5.41, 5.74) is 0. The predicted octanol–water partition coefficient (Wildman–Crippen LogP) is 1.49. The molecule has 59 valence electrons. The Morgan fingerprint density at radius 2 is 2.27 bits per heavy atom. The molecule has 11 heavy (non-hydrogen) atoms. The average molecular weight is 210 g/mol. The second kappa shape index (κ2) is 4.56. The van der Waals surface area contributed by atoms with Crippen molar-refractivity contribution >= 4 is 20.2 Å². The van der Waals surface area contributed by atoms with Crippen molar-refractivity contribution in [3.63, 3.8) is 0 Å². The zero-order valence-electron chi connectivity index (χ0n) is 6.99. The second-order valence-electron chi connectivity index (χ2n) is 2.92. The summed E-state index contributed by atoms with van der Waals surface area (Å²) in [6.07, 6.45) is 1.88. The van der Waals surface area contributed by atoms with Crippen LogP contribution in [0.4, 0.5) is 0 Å². The number of pyridine rings is 1. The molecule has 0 fully saturated rings. The van der Waals surface area contributed by atoms with E-state index < -0.39 is 0 Å². The van der Waals surface area contributed by atoms with E-state index in [9.17, 15) is 0 Å². The van der Waals surface area contributed by atoms with Gasteiger partial charge in [-0.2, -0.15) is 0 Å². The summed E-state index contributed by atoms with van der Waals surface area (Å²) < 4.78 is 1.30. The van der Waals surface area contributed by atoms with Crippen LogP contribution >= 0.6 is 0 Å². The molecule has 0 saturated carbocycles. The van der Waals surface area contributed by atoms with Crippen molar-refractivity contribution in [2.45, 2.75) is 19.1 Å². The van der Waals surface area contributed by atoms with Gasteiger partial charge in [-0.3, -0.25) is 0 Å². The van der Waals surface area contributed by atoms with Gasteiger partial charge in [-0.05, 0) is 0 Å². The molecule has 1 heterocycles. The van der Waals surface area contributed by atoms with E-state index in [2.05, 4.69) is 31.0 Å². The molecule has 2 heteroatoms. The summed E-state index contributed by atoms with van der Waals surface area (Å²) in [7, 11) is 0. The minimum atomic E-state index is 0.313. The Kier molecular flexibility index (Phi) is 3.65. The molecule has 0 saturated heterocycles. The van der Waals surface area contributed by atoms with E-state index in [4.69, 9.17) is 0 Å². The van der Waals surface area contributed by atoms with Gasteiger partial charge in [0.15, 0.2) is 0 Å². The quantitative estimate of drug-likeness (QED) is 0.688. The Morgan fingerprint density at radius 3 is 2.82 bits per heavy atom. The fourth-order valence-corrected chi connectivity index (χ4v) is 2.59. The Balaban J connectivity index is 2.39. The molecule has 0 bridgehead atoms. The van der Waals surface area contributed by atoms with Crippen LogP contribution in [0.3, 0.4) is 0 Å². The topological polar surface area (TPSA) is 12.9 Å². The van der Waals surface area contributed by atoms with Gasteiger partial charge in [-0.15, -0.1) is 0 Å². The average Bonchev–Trinajstić information content (AvgIpc) is 2.03. The molecular weight excluding hydrogens is 197 g/mol. The third-order valence-corrected chi connectivity index (χ3v) is 4.42. The van der Waals surface area contributed by atoms with Crippen LogP contribution < -0.4 is 4.48 Å². The zero-order valence-corrected chi connectivity index (χ0v) is 8.86. The van der Waals surface area contributed by atoms with Gasteiger partial charge in [0.05, 0.1) is 0 Å². The molecule has 0 aliphatic rings. The number of hydrogen-bond acceptors (Lipinski definition) is 1. The van der Waals surface area contributed by atoms with E-state index in [0.29, 0.717) is 15.8 Å². The van der Waals surface area contributed by atoms with E-state index >= 15 is 0 Å². The van der Waals surface area contributed by atoms with Crippen molar-refractivity contribution in [1.82, 2.24) is 4.98 Å². The van der Waals surface area contributed by atoms with Gasteiger partial charge in [-0.25, -0.2) is 0 Å². The van der Waals surface area contributed by atoms with Gasteiger partial charge < -0.3 is 0 Å². The molecule has 1 aromatic heterocycles. The molecule has 0 amide bonds. The molecule has 0 aromatic carbocycles. The van der Waals surface area contributed by atoms with E-state index in [1.165, 1.54) is 9.69 Å². The Bertz CT molecular complexity index is 196. The Morgan fingerprint density at radius 1 is 1.45 bits per heavy atom. The molecule has 1 rings (SSSR count). The van der Waals surface area contributed by atoms with Crippen molar-refractivity contribution in [3.8, 4) is 0 Å². The first-order chi connectivity index (χ1) is 5.29. The van der Waals surface area contributed by atoms with E-state index in [0.717, 1.165) is 5.92 Å². The van der Waals surface area contributed by atoms with Crippen LogP contribution in [0.15, 0.2) is 24.4 Å². The summed E-state index contributed by atoms with van der Waals surface area (Å²) in [5, 5.41) is 1.33. The summed E-state index contributed by atoms with van der Waals surface area (Å²) in [4.78, 5) is 4.29. The standard InChI is InChI=1S/C9H13AsN/c1-8(2)7-10-9-5-3-4-6-11-9/h3-6,8H,7H2,1-2H3. The maximum absolute atomic E-state index is 4.29. The summed E-state index contributed by atoms with van der Waals surface area (Å²) >= 11 is 0.313. The van der Waals surface area contributed by atoms with Gasteiger partial charge in [0.2, 0.25) is 0 Å². The van der Waals surface area contributed by atoms with Crippen LogP contribution in [-0.2, 0) is 0 Å². The minimum absolute atomic E-state index is 0.313. The van der Waals surface area contributed by atoms with Crippen LogP contribution in [0.2, 0.25) is 5.21 Å². The van der Waals surface area contributed by atoms with Crippen LogP contribution in [-0.4, -0.2) is 20.7 Å². The van der Waals surface area contributed by atoms with Gasteiger partial charge in [0.25, 0.3) is 0 Å². The van der Waals surface area contributed by atoms with E-state index in [-0.39, 0.29) is 0 Å². The predicted molar refractivity (Wildman–Crippen MR) is 49.3 cm³/mol. The van der Waals surface area contributed by atoms with Gasteiger partial charge in [0, 0.05) is 0 Å². The summed E-state index contributed by atoms with van der Waals surface area (Å²) in [6, 6.07) is 6.17. The molecule has 0 N–H and O–H groups in total. The number of nitrogens with zero attached hydrogens (tertiary/aromatic N) is 1. The zero-order chi connectivity index (χ0) is 8.10. The first-order valence-electron chi connectivity index (χ1n) is 3.87. The third kappa shape index (κ3) is 3.57. The molecule has 0 spiro atoms. The monoisotopic (exact) mass is 210 g/mol. The van der Waals surface area contributed by atoms with Gasteiger partial charge in [-0.1, -0.05) is 0 Å².